The van der Waals surface area contributed by atoms with Crippen molar-refractivity contribution in [2.45, 2.75) is 34.6 Å². The van der Waals surface area contributed by atoms with E-state index in [0.29, 0.717) is 5.92 Å². The monoisotopic (exact) mass is 280 g/mol. The molecular formula is C13H28O3Ti. The average molecular weight is 280 g/mol. The molecule has 3 nitrogen and oxygen atoms in total. The fourth-order valence-corrected chi connectivity index (χ4v) is 1.57. The van der Waals surface area contributed by atoms with Crippen molar-refractivity contribution in [3.05, 3.63) is 22.3 Å². The fraction of sp³-hybridized carbons (Fsp3) is 0.692. The first-order chi connectivity index (χ1) is 7.55. The second-order valence-corrected chi connectivity index (χ2v) is 3.34. The van der Waals surface area contributed by atoms with E-state index >= 15 is 0 Å². The van der Waals surface area contributed by atoms with Crippen molar-refractivity contribution in [3.63, 3.8) is 0 Å². The molecule has 0 fully saturated rings. The topological polar surface area (TPSA) is 60.7 Å². The van der Waals surface area contributed by atoms with Gasteiger partial charge >= 0.3 is 0 Å². The maximum atomic E-state index is 7.00. The van der Waals surface area contributed by atoms with Crippen LogP contribution in [0.3, 0.4) is 0 Å². The zero-order valence-electron chi connectivity index (χ0n) is 12.4. The molecule has 17 heavy (non-hydrogen) atoms. The summed E-state index contributed by atoms with van der Waals surface area (Å²) in [5, 5.41) is 21.0. The van der Waals surface area contributed by atoms with Gasteiger partial charge in [-0.25, -0.2) is 0 Å². The molecule has 0 saturated heterocycles. The van der Waals surface area contributed by atoms with Gasteiger partial charge in [0, 0.05) is 43.0 Å². The van der Waals surface area contributed by atoms with E-state index < -0.39 is 0 Å². The Morgan fingerprint density at radius 3 is 0.882 bits per heavy atom. The molecule has 1 rings (SSSR count). The van der Waals surface area contributed by atoms with E-state index in [1.165, 1.54) is 11.1 Å². The Morgan fingerprint density at radius 1 is 0.647 bits per heavy atom. The van der Waals surface area contributed by atoms with Crippen LogP contribution < -0.4 is 0 Å². The van der Waals surface area contributed by atoms with Crippen LogP contribution in [-0.4, -0.2) is 36.6 Å². The first kappa shape index (κ1) is 25.8. The van der Waals surface area contributed by atoms with Crippen LogP contribution in [0.25, 0.3) is 0 Å². The number of rotatable bonds is 0. The third-order valence-electron chi connectivity index (χ3n) is 3.04. The molecule has 0 heterocycles. The van der Waals surface area contributed by atoms with Crippen molar-refractivity contribution in [1.29, 1.82) is 0 Å². The second-order valence-electron chi connectivity index (χ2n) is 3.34. The molecule has 0 radical (unpaired) electrons. The quantitative estimate of drug-likeness (QED) is 0.596. The Labute approximate surface area is 121 Å². The standard InChI is InChI=1S/C10H16.3CH4O.Ti/c1-6-7(2)9(4)10(5)8(6)3;3*1-2;/h6H,1-5H3;3*2H,1H3;. The molecule has 102 valence electrons. The predicted octanol–water partition coefficient (Wildman–Crippen LogP) is 2.13. The van der Waals surface area contributed by atoms with Crippen LogP contribution in [0.4, 0.5) is 0 Å². The van der Waals surface area contributed by atoms with Gasteiger partial charge in [0.15, 0.2) is 0 Å². The number of hydrogen-bond donors (Lipinski definition) is 3. The molecule has 0 amide bonds. The summed E-state index contributed by atoms with van der Waals surface area (Å²) in [6, 6.07) is 0. The predicted molar refractivity (Wildman–Crippen MR) is 70.3 cm³/mol. The van der Waals surface area contributed by atoms with Gasteiger partial charge in [-0.2, -0.15) is 0 Å². The van der Waals surface area contributed by atoms with Crippen LogP contribution in [0.2, 0.25) is 0 Å². The van der Waals surface area contributed by atoms with E-state index in [0.717, 1.165) is 21.3 Å². The van der Waals surface area contributed by atoms with Crippen LogP contribution in [0.1, 0.15) is 34.6 Å². The van der Waals surface area contributed by atoms with Crippen molar-refractivity contribution >= 4 is 0 Å². The summed E-state index contributed by atoms with van der Waals surface area (Å²) in [7, 11) is 3.00. The van der Waals surface area contributed by atoms with E-state index in [2.05, 4.69) is 34.6 Å². The third-order valence-corrected chi connectivity index (χ3v) is 3.04. The Bertz CT molecular complexity index is 209. The van der Waals surface area contributed by atoms with E-state index in [9.17, 15) is 0 Å². The molecule has 4 heteroatoms. The van der Waals surface area contributed by atoms with E-state index in [-0.39, 0.29) is 21.7 Å². The van der Waals surface area contributed by atoms with Crippen LogP contribution in [0, 0.1) is 5.92 Å². The number of aliphatic hydroxyl groups excluding tert-OH is 3. The van der Waals surface area contributed by atoms with Gasteiger partial charge in [-0.05, 0) is 44.8 Å². The number of hydrogen-bond acceptors (Lipinski definition) is 3. The van der Waals surface area contributed by atoms with Crippen molar-refractivity contribution in [1.82, 2.24) is 0 Å². The Hall–Kier alpha value is 0.0743. The second kappa shape index (κ2) is 16.1. The smallest absolute Gasteiger partial charge is 0.0319 e. The molecule has 0 aromatic rings. The van der Waals surface area contributed by atoms with E-state index in [1.807, 2.05) is 0 Å². The van der Waals surface area contributed by atoms with Gasteiger partial charge in [-0.15, -0.1) is 0 Å². The zero-order chi connectivity index (χ0) is 13.9. The average Bonchev–Trinajstić information content (AvgIpc) is 2.55. The fourth-order valence-electron chi connectivity index (χ4n) is 1.57. The normalized spacial score (nSPS) is 13.6. The first-order valence-corrected chi connectivity index (χ1v) is 5.25. The SMILES string of the molecule is CC1=C(C)C(C)C(C)=C1C.CO.CO.CO.[Ti]. The van der Waals surface area contributed by atoms with Crippen LogP contribution in [-0.2, 0) is 21.7 Å². The zero-order valence-corrected chi connectivity index (χ0v) is 14.0. The molecule has 1 aliphatic rings. The van der Waals surface area contributed by atoms with Gasteiger partial charge in [0.05, 0.1) is 0 Å². The third kappa shape index (κ3) is 7.90. The van der Waals surface area contributed by atoms with Crippen LogP contribution in [0.5, 0.6) is 0 Å². The van der Waals surface area contributed by atoms with Crippen molar-refractivity contribution in [2.75, 3.05) is 21.3 Å². The van der Waals surface area contributed by atoms with Gasteiger partial charge in [0.1, 0.15) is 0 Å². The number of allylic oxidation sites excluding steroid dienone is 4. The molecule has 0 aromatic heterocycles. The molecule has 0 saturated carbocycles. The summed E-state index contributed by atoms with van der Waals surface area (Å²) in [6.45, 7) is 11.2. The summed E-state index contributed by atoms with van der Waals surface area (Å²) in [4.78, 5) is 0. The van der Waals surface area contributed by atoms with Crippen LogP contribution in [0.15, 0.2) is 22.3 Å². The minimum absolute atomic E-state index is 0. The Kier molecular flexibility index (Phi) is 24.4. The summed E-state index contributed by atoms with van der Waals surface area (Å²) in [6.07, 6.45) is 0. The Morgan fingerprint density at radius 2 is 0.824 bits per heavy atom. The summed E-state index contributed by atoms with van der Waals surface area (Å²) < 4.78 is 0. The minimum atomic E-state index is 0. The summed E-state index contributed by atoms with van der Waals surface area (Å²) in [5.74, 6) is 0.694. The summed E-state index contributed by atoms with van der Waals surface area (Å²) in [5.41, 5.74) is 6.11. The molecule has 0 atom stereocenters. The van der Waals surface area contributed by atoms with Gasteiger partial charge < -0.3 is 15.3 Å². The summed E-state index contributed by atoms with van der Waals surface area (Å²) >= 11 is 0. The molecule has 0 spiro atoms. The largest absolute Gasteiger partial charge is 0.400 e. The first-order valence-electron chi connectivity index (χ1n) is 5.25. The van der Waals surface area contributed by atoms with Gasteiger partial charge in [0.2, 0.25) is 0 Å². The van der Waals surface area contributed by atoms with Gasteiger partial charge in [0.25, 0.3) is 0 Å². The molecule has 1 aliphatic carbocycles. The van der Waals surface area contributed by atoms with Crippen LogP contribution >= 0.6 is 0 Å². The maximum Gasteiger partial charge on any atom is 0.0319 e. The molecule has 0 aromatic carbocycles. The van der Waals surface area contributed by atoms with Gasteiger partial charge in [-0.1, -0.05) is 18.1 Å². The molecular weight excluding hydrogens is 252 g/mol. The number of aliphatic hydroxyl groups is 3. The Balaban J connectivity index is -0.000000106. The van der Waals surface area contributed by atoms with Gasteiger partial charge in [-0.3, -0.25) is 0 Å². The molecule has 0 bridgehead atoms. The molecule has 3 N–H and O–H groups in total. The minimum Gasteiger partial charge on any atom is -0.400 e. The van der Waals surface area contributed by atoms with Crippen molar-refractivity contribution in [2.24, 2.45) is 5.92 Å². The van der Waals surface area contributed by atoms with E-state index in [4.69, 9.17) is 15.3 Å². The molecule has 0 aliphatic heterocycles. The van der Waals surface area contributed by atoms with Crippen molar-refractivity contribution < 1.29 is 37.0 Å². The molecule has 0 unspecified atom stereocenters. The maximum absolute atomic E-state index is 7.00. The van der Waals surface area contributed by atoms with E-state index in [1.54, 1.807) is 11.1 Å². The van der Waals surface area contributed by atoms with Crippen molar-refractivity contribution in [3.8, 4) is 0 Å².